The van der Waals surface area contributed by atoms with E-state index in [2.05, 4.69) is 22.9 Å². The van der Waals surface area contributed by atoms with Crippen LogP contribution < -0.4 is 0 Å². The number of unbranched alkanes of at least 4 members (excludes halogenated alkanes) is 2. The Balaban J connectivity index is 0.00000137. The van der Waals surface area contributed by atoms with E-state index in [0.29, 0.717) is 4.47 Å². The molecule has 3 heteroatoms. The summed E-state index contributed by atoms with van der Waals surface area (Å²) in [6, 6.07) is 3.43. The van der Waals surface area contributed by atoms with E-state index in [1.165, 1.54) is 18.4 Å². The number of rotatable bonds is 5. The van der Waals surface area contributed by atoms with Gasteiger partial charge in [0.2, 0.25) is 0 Å². The molecule has 0 radical (unpaired) electrons. The van der Waals surface area contributed by atoms with E-state index < -0.39 is 6.43 Å². The average Bonchev–Trinajstić information content (AvgIpc) is 2.35. The smallest absolute Gasteiger partial charge is 0.205 e. The largest absolute Gasteiger partial charge is 0.264 e. The van der Waals surface area contributed by atoms with Crippen molar-refractivity contribution in [2.75, 3.05) is 0 Å². The zero-order valence-electron chi connectivity index (χ0n) is 11.7. The second-order valence-electron chi connectivity index (χ2n) is 4.06. The second kappa shape index (κ2) is 9.48. The Kier molecular flexibility index (Phi) is 9.25. The molecule has 0 aliphatic rings. The quantitative estimate of drug-likeness (QED) is 0.546. The third-order valence-corrected chi connectivity index (χ3v) is 3.43. The Hall–Kier alpha value is -0.440. The highest BCUT2D eigenvalue weighted by Crippen LogP contribution is 2.30. The number of hydrogen-bond acceptors (Lipinski definition) is 0. The molecule has 0 aliphatic carbocycles. The summed E-state index contributed by atoms with van der Waals surface area (Å²) < 4.78 is 25.8. The molecule has 0 heterocycles. The molecule has 0 N–H and O–H groups in total. The molecule has 18 heavy (non-hydrogen) atoms. The van der Waals surface area contributed by atoms with Crippen LogP contribution in [0.4, 0.5) is 8.78 Å². The molecule has 0 atom stereocenters. The Morgan fingerprint density at radius 1 is 1.17 bits per heavy atom. The molecule has 1 aromatic carbocycles. The van der Waals surface area contributed by atoms with Crippen molar-refractivity contribution >= 4 is 15.9 Å². The van der Waals surface area contributed by atoms with Crippen LogP contribution in [0.25, 0.3) is 0 Å². The number of benzene rings is 1. The van der Waals surface area contributed by atoms with Gasteiger partial charge >= 0.3 is 0 Å². The minimum Gasteiger partial charge on any atom is -0.205 e. The molecule has 0 unspecified atom stereocenters. The van der Waals surface area contributed by atoms with Crippen LogP contribution in [0.2, 0.25) is 0 Å². The van der Waals surface area contributed by atoms with Gasteiger partial charge in [-0.1, -0.05) is 49.5 Å². The van der Waals surface area contributed by atoms with E-state index in [0.717, 1.165) is 18.4 Å². The van der Waals surface area contributed by atoms with E-state index in [1.54, 1.807) is 6.07 Å². The number of alkyl halides is 2. The fourth-order valence-electron chi connectivity index (χ4n) is 1.75. The van der Waals surface area contributed by atoms with Gasteiger partial charge in [-0.3, -0.25) is 0 Å². The minimum absolute atomic E-state index is 0.0942. The highest BCUT2D eigenvalue weighted by atomic mass is 79.9. The Bertz CT molecular complexity index is 349. The first kappa shape index (κ1) is 17.6. The van der Waals surface area contributed by atoms with Gasteiger partial charge in [0.25, 0.3) is 6.43 Å². The lowest BCUT2D eigenvalue weighted by molar-refractivity contribution is 0.150. The maximum absolute atomic E-state index is 12.6. The first-order valence-corrected chi connectivity index (χ1v) is 7.42. The van der Waals surface area contributed by atoms with Gasteiger partial charge < -0.3 is 0 Å². The van der Waals surface area contributed by atoms with Gasteiger partial charge in [0, 0.05) is 10.0 Å². The molecule has 1 rings (SSSR count). The highest BCUT2D eigenvalue weighted by molar-refractivity contribution is 9.10. The Labute approximate surface area is 118 Å². The van der Waals surface area contributed by atoms with E-state index >= 15 is 0 Å². The third kappa shape index (κ3) is 5.47. The summed E-state index contributed by atoms with van der Waals surface area (Å²) in [5.41, 5.74) is 2.23. The SMILES string of the molecule is CC.CCCCCc1cc(Br)c(C(F)F)cc1C. The monoisotopic (exact) mass is 320 g/mol. The molecule has 0 bridgehead atoms. The number of halogens is 3. The Morgan fingerprint density at radius 2 is 1.78 bits per heavy atom. The van der Waals surface area contributed by atoms with E-state index in [1.807, 2.05) is 26.8 Å². The molecular formula is C15H23BrF2. The van der Waals surface area contributed by atoms with Crippen molar-refractivity contribution < 1.29 is 8.78 Å². The molecule has 0 nitrogen and oxygen atoms in total. The van der Waals surface area contributed by atoms with Gasteiger partial charge in [0.1, 0.15) is 0 Å². The van der Waals surface area contributed by atoms with E-state index in [-0.39, 0.29) is 5.56 Å². The van der Waals surface area contributed by atoms with Crippen molar-refractivity contribution in [3.63, 3.8) is 0 Å². The molecule has 1 aromatic rings. The molecule has 104 valence electrons. The van der Waals surface area contributed by atoms with Gasteiger partial charge in [0.15, 0.2) is 0 Å². The fraction of sp³-hybridized carbons (Fsp3) is 0.600. The van der Waals surface area contributed by atoms with Crippen molar-refractivity contribution in [2.45, 2.75) is 59.8 Å². The predicted octanol–water partition coefficient (Wildman–Crippen LogP) is 6.45. The van der Waals surface area contributed by atoms with Crippen LogP contribution in [-0.4, -0.2) is 0 Å². The molecule has 0 amide bonds. The first-order valence-electron chi connectivity index (χ1n) is 6.63. The van der Waals surface area contributed by atoms with Gasteiger partial charge in [0.05, 0.1) is 0 Å². The topological polar surface area (TPSA) is 0 Å². The standard InChI is InChI=1S/C13H17BrF2.C2H6/c1-3-4-5-6-10-8-12(14)11(13(15)16)7-9(10)2;1-2/h7-8,13H,3-6H2,1-2H3;1-2H3. The van der Waals surface area contributed by atoms with Crippen LogP contribution in [0.1, 0.15) is 63.1 Å². The minimum atomic E-state index is -2.40. The van der Waals surface area contributed by atoms with Crippen LogP contribution >= 0.6 is 15.9 Å². The molecule has 0 saturated heterocycles. The first-order chi connectivity index (χ1) is 8.56. The normalized spacial score (nSPS) is 10.2. The highest BCUT2D eigenvalue weighted by Gasteiger charge is 2.13. The van der Waals surface area contributed by atoms with Crippen molar-refractivity contribution in [3.8, 4) is 0 Å². The lowest BCUT2D eigenvalue weighted by Crippen LogP contribution is -1.95. The maximum atomic E-state index is 12.6. The van der Waals surface area contributed by atoms with E-state index in [9.17, 15) is 8.78 Å². The molecule has 0 spiro atoms. The zero-order chi connectivity index (χ0) is 14.1. The van der Waals surface area contributed by atoms with Crippen molar-refractivity contribution in [1.82, 2.24) is 0 Å². The summed E-state index contributed by atoms with van der Waals surface area (Å²) in [6.07, 6.45) is 2.06. The number of aryl methyl sites for hydroxylation is 2. The van der Waals surface area contributed by atoms with E-state index in [4.69, 9.17) is 0 Å². The third-order valence-electron chi connectivity index (χ3n) is 2.74. The van der Waals surface area contributed by atoms with Crippen LogP contribution in [0, 0.1) is 6.92 Å². The van der Waals surface area contributed by atoms with Gasteiger partial charge in [-0.2, -0.15) is 0 Å². The lowest BCUT2D eigenvalue weighted by Gasteiger charge is -2.10. The summed E-state index contributed by atoms with van der Waals surface area (Å²) in [4.78, 5) is 0. The second-order valence-corrected chi connectivity index (χ2v) is 4.91. The van der Waals surface area contributed by atoms with Crippen LogP contribution in [0.15, 0.2) is 16.6 Å². The Morgan fingerprint density at radius 3 is 2.28 bits per heavy atom. The van der Waals surface area contributed by atoms with Gasteiger partial charge in [-0.05, 0) is 43.0 Å². The molecule has 0 aromatic heterocycles. The van der Waals surface area contributed by atoms with Crippen molar-refractivity contribution in [1.29, 1.82) is 0 Å². The average molecular weight is 321 g/mol. The van der Waals surface area contributed by atoms with Crippen LogP contribution in [0.3, 0.4) is 0 Å². The van der Waals surface area contributed by atoms with Crippen molar-refractivity contribution in [3.05, 3.63) is 33.3 Å². The molecular weight excluding hydrogens is 298 g/mol. The lowest BCUT2D eigenvalue weighted by atomic mass is 10.00. The summed E-state index contributed by atoms with van der Waals surface area (Å²) >= 11 is 3.21. The number of hydrogen-bond donors (Lipinski definition) is 0. The maximum Gasteiger partial charge on any atom is 0.264 e. The van der Waals surface area contributed by atoms with Gasteiger partial charge in [-0.25, -0.2) is 8.78 Å². The van der Waals surface area contributed by atoms with Crippen molar-refractivity contribution in [2.24, 2.45) is 0 Å². The van der Waals surface area contributed by atoms with Crippen LogP contribution in [0.5, 0.6) is 0 Å². The molecule has 0 aliphatic heterocycles. The summed E-state index contributed by atoms with van der Waals surface area (Å²) in [5, 5.41) is 0. The summed E-state index contributed by atoms with van der Waals surface area (Å²) in [7, 11) is 0. The van der Waals surface area contributed by atoms with Crippen LogP contribution in [-0.2, 0) is 6.42 Å². The zero-order valence-corrected chi connectivity index (χ0v) is 13.3. The fourth-order valence-corrected chi connectivity index (χ4v) is 2.31. The van der Waals surface area contributed by atoms with Gasteiger partial charge in [-0.15, -0.1) is 0 Å². The molecule has 0 saturated carbocycles. The molecule has 0 fully saturated rings. The predicted molar refractivity (Wildman–Crippen MR) is 78.4 cm³/mol. The summed E-state index contributed by atoms with van der Waals surface area (Å²) in [6.45, 7) is 8.06. The summed E-state index contributed by atoms with van der Waals surface area (Å²) in [5.74, 6) is 0.